The predicted molar refractivity (Wildman–Crippen MR) is 130 cm³/mol. The van der Waals surface area contributed by atoms with E-state index < -0.39 is 6.04 Å². The van der Waals surface area contributed by atoms with Gasteiger partial charge in [-0.2, -0.15) is 0 Å². The summed E-state index contributed by atoms with van der Waals surface area (Å²) >= 11 is 5.97. The summed E-state index contributed by atoms with van der Waals surface area (Å²) in [6, 6.07) is 18.2. The van der Waals surface area contributed by atoms with Crippen molar-refractivity contribution in [2.24, 2.45) is 0 Å². The molecule has 3 aromatic carbocycles. The van der Waals surface area contributed by atoms with E-state index in [2.05, 4.69) is 5.32 Å². The molecule has 1 aliphatic heterocycles. The summed E-state index contributed by atoms with van der Waals surface area (Å²) in [4.78, 5) is 41.7. The molecule has 0 aromatic heterocycles. The molecule has 0 radical (unpaired) electrons. The smallest absolute Gasteiger partial charge is 0.258 e. The highest BCUT2D eigenvalue weighted by Gasteiger charge is 2.30. The number of likely N-dealkylation sites (N-methyl/N-ethyl adjacent to an activating group) is 1. The van der Waals surface area contributed by atoms with Gasteiger partial charge in [-0.15, -0.1) is 0 Å². The predicted octanol–water partition coefficient (Wildman–Crippen LogP) is 4.40. The van der Waals surface area contributed by atoms with Gasteiger partial charge in [0.15, 0.2) is 0 Å². The van der Waals surface area contributed by atoms with Gasteiger partial charge in [0.25, 0.3) is 5.91 Å². The molecule has 0 unspecified atom stereocenters. The minimum absolute atomic E-state index is 0.0361. The lowest BCUT2D eigenvalue weighted by molar-refractivity contribution is -0.140. The van der Waals surface area contributed by atoms with Crippen LogP contribution in [0.4, 0.5) is 5.69 Å². The fourth-order valence-electron chi connectivity index (χ4n) is 4.31. The number of nitrogens with zero attached hydrogens (tertiary/aromatic N) is 2. The molecule has 7 heteroatoms. The molecule has 4 rings (SSSR count). The average molecular weight is 464 g/mol. The van der Waals surface area contributed by atoms with Gasteiger partial charge < -0.3 is 15.1 Å². The fraction of sp³-hybridized carbons (Fsp3) is 0.269. The number of hydrogen-bond acceptors (Lipinski definition) is 3. The molecule has 6 nitrogen and oxygen atoms in total. The summed E-state index contributed by atoms with van der Waals surface area (Å²) in [5.74, 6) is -0.399. The van der Waals surface area contributed by atoms with E-state index in [1.54, 1.807) is 35.9 Å². The number of halogens is 1. The molecule has 1 N–H and O–H groups in total. The van der Waals surface area contributed by atoms with E-state index in [1.165, 1.54) is 0 Å². The minimum Gasteiger partial charge on any atom is -0.357 e. The van der Waals surface area contributed by atoms with Gasteiger partial charge in [0.05, 0.1) is 5.69 Å². The zero-order chi connectivity index (χ0) is 23.5. The van der Waals surface area contributed by atoms with Crippen molar-refractivity contribution in [2.75, 3.05) is 18.5 Å². The van der Waals surface area contributed by atoms with E-state index in [4.69, 9.17) is 11.6 Å². The first-order chi connectivity index (χ1) is 15.9. The Hall–Kier alpha value is -3.38. The minimum atomic E-state index is -0.621. The molecule has 0 saturated heterocycles. The van der Waals surface area contributed by atoms with Gasteiger partial charge in [-0.05, 0) is 48.6 Å². The van der Waals surface area contributed by atoms with Gasteiger partial charge in [-0.3, -0.25) is 14.4 Å². The van der Waals surface area contributed by atoms with Gasteiger partial charge in [-0.25, -0.2) is 0 Å². The molecule has 170 valence electrons. The molecule has 1 heterocycles. The highest BCUT2D eigenvalue weighted by Crippen LogP contribution is 2.37. The Morgan fingerprint density at radius 2 is 1.76 bits per heavy atom. The zero-order valence-corrected chi connectivity index (χ0v) is 19.4. The Balaban J connectivity index is 1.45. The Kier molecular flexibility index (Phi) is 6.65. The van der Waals surface area contributed by atoms with Crippen molar-refractivity contribution in [1.82, 2.24) is 10.2 Å². The summed E-state index contributed by atoms with van der Waals surface area (Å²) in [6.45, 7) is 2.45. The van der Waals surface area contributed by atoms with E-state index in [9.17, 15) is 14.4 Å². The number of benzene rings is 3. The third-order valence-corrected chi connectivity index (χ3v) is 6.35. The van der Waals surface area contributed by atoms with E-state index >= 15 is 0 Å². The van der Waals surface area contributed by atoms with Crippen LogP contribution in [0.3, 0.4) is 0 Å². The topological polar surface area (TPSA) is 69.7 Å². The average Bonchev–Trinajstić information content (AvgIpc) is 3.10. The Labute approximate surface area is 198 Å². The first-order valence-electron chi connectivity index (χ1n) is 11.0. The lowest BCUT2D eigenvalue weighted by atomic mass is 10.1. The van der Waals surface area contributed by atoms with Crippen LogP contribution in [0.15, 0.2) is 60.7 Å². The monoisotopic (exact) mass is 463 g/mol. The van der Waals surface area contributed by atoms with Gasteiger partial charge in [0, 0.05) is 42.5 Å². The first-order valence-corrected chi connectivity index (χ1v) is 11.4. The molecule has 1 aliphatic rings. The fourth-order valence-corrected chi connectivity index (χ4v) is 4.44. The molecule has 0 bridgehead atoms. The lowest BCUT2D eigenvalue weighted by Gasteiger charge is -2.29. The molecule has 33 heavy (non-hydrogen) atoms. The zero-order valence-electron chi connectivity index (χ0n) is 18.7. The molecule has 0 spiro atoms. The van der Waals surface area contributed by atoms with Gasteiger partial charge in [-0.1, -0.05) is 48.0 Å². The molecule has 0 saturated carbocycles. The maximum atomic E-state index is 13.2. The highest BCUT2D eigenvalue weighted by atomic mass is 35.5. The summed E-state index contributed by atoms with van der Waals surface area (Å²) < 4.78 is 0. The SMILES string of the molecule is CNC(=O)[C@@H](C)N(Cc1ccc(Cl)cc1)C(=O)CCCN1C(=O)c2cccc3cccc1c23. The maximum Gasteiger partial charge on any atom is 0.258 e. The molecule has 3 aromatic rings. The largest absolute Gasteiger partial charge is 0.357 e. The van der Waals surface area contributed by atoms with Crippen molar-refractivity contribution in [3.63, 3.8) is 0 Å². The summed E-state index contributed by atoms with van der Waals surface area (Å²) in [5, 5.41) is 5.23. The molecule has 0 aliphatic carbocycles. The molecule has 3 amide bonds. The number of amides is 3. The Bertz CT molecular complexity index is 1200. The second-order valence-corrected chi connectivity index (χ2v) is 8.62. The molecule has 0 fully saturated rings. The Morgan fingerprint density at radius 1 is 1.06 bits per heavy atom. The van der Waals surface area contributed by atoms with Crippen LogP contribution in [0.2, 0.25) is 5.02 Å². The van der Waals surface area contributed by atoms with Crippen LogP contribution in [-0.2, 0) is 16.1 Å². The van der Waals surface area contributed by atoms with Crippen molar-refractivity contribution >= 4 is 45.8 Å². The quantitative estimate of drug-likeness (QED) is 0.538. The van der Waals surface area contributed by atoms with Crippen LogP contribution in [0.1, 0.15) is 35.7 Å². The number of nitrogens with one attached hydrogen (secondary N) is 1. The maximum absolute atomic E-state index is 13.2. The summed E-state index contributed by atoms with van der Waals surface area (Å²) in [5.41, 5.74) is 2.48. The standard InChI is InChI=1S/C26H26ClN3O3/c1-17(25(32)28-2)30(16-18-11-13-20(27)14-12-18)23(31)10-5-15-29-22-9-4-7-19-6-3-8-21(24(19)22)26(29)33/h3-4,6-9,11-14,17H,5,10,15-16H2,1-2H3,(H,28,32)/t17-/m1/s1. The van der Waals surface area contributed by atoms with Crippen molar-refractivity contribution in [3.8, 4) is 0 Å². The lowest BCUT2D eigenvalue weighted by Crippen LogP contribution is -2.46. The van der Waals surface area contributed by atoms with Crippen LogP contribution in [-0.4, -0.2) is 42.3 Å². The van der Waals surface area contributed by atoms with Gasteiger partial charge >= 0.3 is 0 Å². The summed E-state index contributed by atoms with van der Waals surface area (Å²) in [7, 11) is 1.56. The number of carbonyl (C=O) groups is 3. The van der Waals surface area contributed by atoms with Crippen LogP contribution in [0.25, 0.3) is 10.8 Å². The van der Waals surface area contributed by atoms with Crippen LogP contribution < -0.4 is 10.2 Å². The molecular formula is C26H26ClN3O3. The third-order valence-electron chi connectivity index (χ3n) is 6.10. The van der Waals surface area contributed by atoms with Crippen LogP contribution in [0, 0.1) is 0 Å². The number of anilines is 1. The normalized spacial score (nSPS) is 13.3. The van der Waals surface area contributed by atoms with Crippen LogP contribution >= 0.6 is 11.6 Å². The van der Waals surface area contributed by atoms with Crippen molar-refractivity contribution in [3.05, 3.63) is 76.8 Å². The van der Waals surface area contributed by atoms with E-state index in [-0.39, 0.29) is 24.1 Å². The van der Waals surface area contributed by atoms with Crippen molar-refractivity contribution in [1.29, 1.82) is 0 Å². The van der Waals surface area contributed by atoms with E-state index in [1.807, 2.05) is 48.5 Å². The van der Waals surface area contributed by atoms with Crippen molar-refractivity contribution < 1.29 is 14.4 Å². The molecular weight excluding hydrogens is 438 g/mol. The third kappa shape index (κ3) is 4.57. The van der Waals surface area contributed by atoms with Gasteiger partial charge in [0.2, 0.25) is 11.8 Å². The number of rotatable bonds is 8. The van der Waals surface area contributed by atoms with Crippen LogP contribution in [0.5, 0.6) is 0 Å². The van der Waals surface area contributed by atoms with E-state index in [0.717, 1.165) is 22.0 Å². The van der Waals surface area contributed by atoms with Crippen molar-refractivity contribution in [2.45, 2.75) is 32.4 Å². The first kappa shape index (κ1) is 22.8. The number of carbonyl (C=O) groups excluding carboxylic acids is 3. The Morgan fingerprint density at radius 3 is 2.45 bits per heavy atom. The highest BCUT2D eigenvalue weighted by molar-refractivity contribution is 6.30. The van der Waals surface area contributed by atoms with E-state index in [0.29, 0.717) is 30.1 Å². The molecule has 1 atom stereocenters. The second-order valence-electron chi connectivity index (χ2n) is 8.18. The number of hydrogen-bond donors (Lipinski definition) is 1. The second kappa shape index (κ2) is 9.63. The van der Waals surface area contributed by atoms with Gasteiger partial charge in [0.1, 0.15) is 6.04 Å². The summed E-state index contributed by atoms with van der Waals surface area (Å²) in [6.07, 6.45) is 0.720.